The standard InChI is InChI=1S/C14H25N3O3S/c1-4-5-16-10-13(8-12(16)9-15)21(18,19)17-6-7-20-11-14(17,2)3/h8,10H,4-7,9,11,15H2,1-3H3. The molecule has 0 atom stereocenters. The SMILES string of the molecule is CCCn1cc(S(=O)(=O)N2CCOCC2(C)C)cc1CN. The molecule has 1 aliphatic heterocycles. The molecule has 120 valence electrons. The van der Waals surface area contributed by atoms with E-state index < -0.39 is 15.6 Å². The summed E-state index contributed by atoms with van der Waals surface area (Å²) in [5.74, 6) is 0. The summed E-state index contributed by atoms with van der Waals surface area (Å²) in [6, 6.07) is 1.69. The van der Waals surface area contributed by atoms with Crippen LogP contribution in [-0.2, 0) is 27.8 Å². The van der Waals surface area contributed by atoms with Crippen molar-refractivity contribution in [1.29, 1.82) is 0 Å². The van der Waals surface area contributed by atoms with Crippen LogP contribution in [0.3, 0.4) is 0 Å². The van der Waals surface area contributed by atoms with Crippen LogP contribution in [0, 0.1) is 0 Å². The number of nitrogens with two attached hydrogens (primary N) is 1. The molecule has 0 radical (unpaired) electrons. The average molecular weight is 315 g/mol. The number of aryl methyl sites for hydroxylation is 1. The molecule has 0 unspecified atom stereocenters. The molecule has 2 rings (SSSR count). The van der Waals surface area contributed by atoms with E-state index in [1.807, 2.05) is 18.4 Å². The van der Waals surface area contributed by atoms with E-state index in [9.17, 15) is 8.42 Å². The van der Waals surface area contributed by atoms with Crippen LogP contribution in [0.1, 0.15) is 32.9 Å². The van der Waals surface area contributed by atoms with Gasteiger partial charge < -0.3 is 15.0 Å². The third kappa shape index (κ3) is 3.15. The highest BCUT2D eigenvalue weighted by atomic mass is 32.2. The van der Waals surface area contributed by atoms with Crippen LogP contribution in [0.15, 0.2) is 17.2 Å². The third-order valence-corrected chi connectivity index (χ3v) is 5.87. The molecule has 1 fully saturated rings. The molecular formula is C14H25N3O3S. The Balaban J connectivity index is 2.39. The van der Waals surface area contributed by atoms with Crippen molar-refractivity contribution in [3.63, 3.8) is 0 Å². The van der Waals surface area contributed by atoms with E-state index in [-0.39, 0.29) is 0 Å². The molecule has 7 heteroatoms. The normalized spacial score (nSPS) is 19.8. The van der Waals surface area contributed by atoms with Gasteiger partial charge in [0.25, 0.3) is 0 Å². The lowest BCUT2D eigenvalue weighted by Crippen LogP contribution is -2.55. The van der Waals surface area contributed by atoms with Crippen LogP contribution < -0.4 is 5.73 Å². The van der Waals surface area contributed by atoms with E-state index in [0.29, 0.717) is 31.2 Å². The highest BCUT2D eigenvalue weighted by Crippen LogP contribution is 2.28. The predicted octanol–water partition coefficient (Wildman–Crippen LogP) is 1.16. The fraction of sp³-hybridized carbons (Fsp3) is 0.714. The third-order valence-electron chi connectivity index (χ3n) is 3.79. The fourth-order valence-corrected chi connectivity index (χ4v) is 4.52. The lowest BCUT2D eigenvalue weighted by Gasteiger charge is -2.40. The first-order chi connectivity index (χ1) is 9.82. The van der Waals surface area contributed by atoms with Crippen LogP contribution in [-0.4, -0.2) is 42.6 Å². The van der Waals surface area contributed by atoms with Crippen LogP contribution in [0.5, 0.6) is 0 Å². The molecule has 0 aromatic carbocycles. The molecule has 6 nitrogen and oxygen atoms in total. The maximum absolute atomic E-state index is 12.9. The summed E-state index contributed by atoms with van der Waals surface area (Å²) >= 11 is 0. The van der Waals surface area contributed by atoms with Crippen molar-refractivity contribution in [2.45, 2.75) is 50.7 Å². The first-order valence-corrected chi connectivity index (χ1v) is 8.76. The van der Waals surface area contributed by atoms with Gasteiger partial charge in [0.15, 0.2) is 0 Å². The number of hydrogen-bond donors (Lipinski definition) is 1. The summed E-state index contributed by atoms with van der Waals surface area (Å²) in [6.45, 7) is 8.16. The van der Waals surface area contributed by atoms with Crippen LogP contribution in [0.25, 0.3) is 0 Å². The Kier molecular flexibility index (Phi) is 4.77. The highest BCUT2D eigenvalue weighted by molar-refractivity contribution is 7.89. The van der Waals surface area contributed by atoms with E-state index in [1.165, 1.54) is 4.31 Å². The minimum absolute atomic E-state index is 0.325. The van der Waals surface area contributed by atoms with E-state index in [1.54, 1.807) is 12.3 Å². The van der Waals surface area contributed by atoms with Crippen molar-refractivity contribution in [3.8, 4) is 0 Å². The number of aromatic nitrogens is 1. The van der Waals surface area contributed by atoms with Gasteiger partial charge in [-0.1, -0.05) is 6.92 Å². The van der Waals surface area contributed by atoms with Crippen LogP contribution in [0.2, 0.25) is 0 Å². The Hall–Kier alpha value is -0.890. The molecule has 1 saturated heterocycles. The molecule has 1 aromatic rings. The molecule has 0 saturated carbocycles. The van der Waals surface area contributed by atoms with Gasteiger partial charge >= 0.3 is 0 Å². The van der Waals surface area contributed by atoms with Gasteiger partial charge in [-0.25, -0.2) is 8.42 Å². The van der Waals surface area contributed by atoms with Gasteiger partial charge in [0.05, 0.1) is 18.8 Å². The highest BCUT2D eigenvalue weighted by Gasteiger charge is 2.40. The number of rotatable bonds is 5. The predicted molar refractivity (Wildman–Crippen MR) is 81.4 cm³/mol. The number of ether oxygens (including phenoxy) is 1. The topological polar surface area (TPSA) is 77.6 Å². The Labute approximate surface area is 126 Å². The number of nitrogens with zero attached hydrogens (tertiary/aromatic N) is 2. The maximum atomic E-state index is 12.9. The molecule has 0 amide bonds. The smallest absolute Gasteiger partial charge is 0.245 e. The van der Waals surface area contributed by atoms with Crippen molar-refractivity contribution < 1.29 is 13.2 Å². The van der Waals surface area contributed by atoms with Gasteiger partial charge in [-0.15, -0.1) is 0 Å². The van der Waals surface area contributed by atoms with Crippen LogP contribution in [0.4, 0.5) is 0 Å². The first kappa shape index (κ1) is 16.5. The Bertz CT molecular complexity index is 593. The second kappa shape index (κ2) is 6.08. The zero-order chi connectivity index (χ0) is 15.7. The molecule has 1 aliphatic rings. The largest absolute Gasteiger partial charge is 0.378 e. The summed E-state index contributed by atoms with van der Waals surface area (Å²) in [5.41, 5.74) is 6.03. The quantitative estimate of drug-likeness (QED) is 0.884. The Morgan fingerprint density at radius 2 is 2.14 bits per heavy atom. The summed E-state index contributed by atoms with van der Waals surface area (Å²) < 4.78 is 34.7. The Morgan fingerprint density at radius 1 is 1.43 bits per heavy atom. The average Bonchev–Trinajstić information content (AvgIpc) is 2.82. The van der Waals surface area contributed by atoms with Gasteiger partial charge in [-0.3, -0.25) is 0 Å². The summed E-state index contributed by atoms with van der Waals surface area (Å²) in [5, 5.41) is 0. The molecule has 0 aliphatic carbocycles. The maximum Gasteiger partial charge on any atom is 0.245 e. The van der Waals surface area contributed by atoms with Gasteiger partial charge in [-0.2, -0.15) is 4.31 Å². The zero-order valence-corrected chi connectivity index (χ0v) is 13.8. The van der Waals surface area contributed by atoms with E-state index in [2.05, 4.69) is 6.92 Å². The van der Waals surface area contributed by atoms with Crippen molar-refractivity contribution in [2.24, 2.45) is 5.73 Å². The van der Waals surface area contributed by atoms with E-state index in [0.717, 1.165) is 18.7 Å². The lowest BCUT2D eigenvalue weighted by atomic mass is 10.1. The molecule has 2 heterocycles. The zero-order valence-electron chi connectivity index (χ0n) is 13.0. The summed E-state index contributed by atoms with van der Waals surface area (Å²) in [7, 11) is -3.52. The molecule has 2 N–H and O–H groups in total. The minimum atomic E-state index is -3.52. The first-order valence-electron chi connectivity index (χ1n) is 7.32. The van der Waals surface area contributed by atoms with Gasteiger partial charge in [-0.05, 0) is 26.3 Å². The summed E-state index contributed by atoms with van der Waals surface area (Å²) in [6.07, 6.45) is 2.64. The monoisotopic (exact) mass is 315 g/mol. The van der Waals surface area contributed by atoms with Gasteiger partial charge in [0, 0.05) is 31.5 Å². The number of hydrogen-bond acceptors (Lipinski definition) is 4. The van der Waals surface area contributed by atoms with Crippen molar-refractivity contribution in [2.75, 3.05) is 19.8 Å². The molecule has 0 spiro atoms. The second-order valence-corrected chi connectivity index (χ2v) is 7.87. The number of morpholine rings is 1. The van der Waals surface area contributed by atoms with E-state index in [4.69, 9.17) is 10.5 Å². The minimum Gasteiger partial charge on any atom is -0.378 e. The van der Waals surface area contributed by atoms with Crippen molar-refractivity contribution >= 4 is 10.0 Å². The van der Waals surface area contributed by atoms with Gasteiger partial charge in [0.1, 0.15) is 4.90 Å². The molecular weight excluding hydrogens is 290 g/mol. The molecule has 1 aromatic heterocycles. The Morgan fingerprint density at radius 3 is 2.71 bits per heavy atom. The molecule has 0 bridgehead atoms. The summed E-state index contributed by atoms with van der Waals surface area (Å²) in [4.78, 5) is 0.325. The van der Waals surface area contributed by atoms with Crippen molar-refractivity contribution in [1.82, 2.24) is 8.87 Å². The molecule has 21 heavy (non-hydrogen) atoms. The van der Waals surface area contributed by atoms with E-state index >= 15 is 0 Å². The van der Waals surface area contributed by atoms with Crippen LogP contribution >= 0.6 is 0 Å². The van der Waals surface area contributed by atoms with Gasteiger partial charge in [0.2, 0.25) is 10.0 Å². The fourth-order valence-electron chi connectivity index (χ4n) is 2.70. The second-order valence-electron chi connectivity index (χ2n) is 6.01. The van der Waals surface area contributed by atoms with Crippen molar-refractivity contribution in [3.05, 3.63) is 18.0 Å². The lowest BCUT2D eigenvalue weighted by molar-refractivity contribution is -0.00770. The number of sulfonamides is 1.